The number of aryl methyl sites for hydroxylation is 1. The highest BCUT2D eigenvalue weighted by Crippen LogP contribution is 2.26. The van der Waals surface area contributed by atoms with E-state index in [1.54, 1.807) is 36.1 Å². The lowest BCUT2D eigenvalue weighted by atomic mass is 9.88. The summed E-state index contributed by atoms with van der Waals surface area (Å²) in [6, 6.07) is 11.6. The number of benzene rings is 2. The van der Waals surface area contributed by atoms with Crippen LogP contribution in [-0.2, 0) is 6.42 Å². The second-order valence-corrected chi connectivity index (χ2v) is 7.16. The van der Waals surface area contributed by atoms with Crippen LogP contribution in [0.5, 0.6) is 0 Å². The molecule has 1 aliphatic rings. The number of carboxylic acid groups (broad SMARTS) is 1. The number of carboxylic acids is 1. The highest BCUT2D eigenvalue weighted by atomic mass is 16.6. The number of nitrogens with zero attached hydrogens (tertiary/aromatic N) is 2. The minimum absolute atomic E-state index is 0.0500. The van der Waals surface area contributed by atoms with Gasteiger partial charge in [-0.15, -0.1) is 0 Å². The van der Waals surface area contributed by atoms with Gasteiger partial charge in [-0.1, -0.05) is 24.3 Å². The minimum atomic E-state index is -0.927. The van der Waals surface area contributed by atoms with E-state index >= 15 is 0 Å². The fourth-order valence-corrected chi connectivity index (χ4v) is 3.68. The number of rotatable bonds is 5. The smallest absolute Gasteiger partial charge is 0.335 e. The van der Waals surface area contributed by atoms with Gasteiger partial charge in [-0.25, -0.2) is 4.79 Å². The zero-order valence-electron chi connectivity index (χ0n) is 15.6. The molecule has 0 atom stereocenters. The van der Waals surface area contributed by atoms with E-state index in [1.807, 2.05) is 12.1 Å². The van der Waals surface area contributed by atoms with Crippen molar-refractivity contribution in [1.29, 1.82) is 0 Å². The number of nitro groups is 1. The zero-order valence-corrected chi connectivity index (χ0v) is 15.6. The van der Waals surface area contributed by atoms with E-state index in [0.29, 0.717) is 42.1 Å². The van der Waals surface area contributed by atoms with Gasteiger partial charge >= 0.3 is 5.97 Å². The largest absolute Gasteiger partial charge is 0.478 e. The molecule has 0 radical (unpaired) electrons. The van der Waals surface area contributed by atoms with Gasteiger partial charge in [0, 0.05) is 30.3 Å². The second-order valence-electron chi connectivity index (χ2n) is 7.16. The van der Waals surface area contributed by atoms with Gasteiger partial charge in [0.1, 0.15) is 0 Å². The molecule has 3 rings (SSSR count). The predicted molar refractivity (Wildman–Crippen MR) is 104 cm³/mol. The highest BCUT2D eigenvalue weighted by Gasteiger charge is 2.26. The first-order valence-electron chi connectivity index (χ1n) is 9.22. The first-order valence-corrected chi connectivity index (χ1v) is 9.22. The third-order valence-corrected chi connectivity index (χ3v) is 5.31. The Kier molecular flexibility index (Phi) is 5.73. The van der Waals surface area contributed by atoms with Crippen molar-refractivity contribution in [1.82, 2.24) is 4.90 Å². The number of piperidine rings is 1. The predicted octanol–water partition coefficient (Wildman–Crippen LogP) is 3.70. The van der Waals surface area contributed by atoms with Crippen LogP contribution >= 0.6 is 0 Å². The van der Waals surface area contributed by atoms with Gasteiger partial charge in [0.25, 0.3) is 11.6 Å². The first kappa shape index (κ1) is 19.5. The number of carbonyl (C=O) groups is 2. The summed E-state index contributed by atoms with van der Waals surface area (Å²) >= 11 is 0. The Morgan fingerprint density at radius 3 is 2.50 bits per heavy atom. The normalized spacial score (nSPS) is 14.7. The molecule has 1 fully saturated rings. The molecule has 1 saturated heterocycles. The summed E-state index contributed by atoms with van der Waals surface area (Å²) in [6.45, 7) is 2.76. The molecule has 7 nitrogen and oxygen atoms in total. The molecule has 1 amide bonds. The average Bonchev–Trinajstić information content (AvgIpc) is 2.68. The third kappa shape index (κ3) is 4.19. The lowest BCUT2D eigenvalue weighted by Crippen LogP contribution is -2.39. The van der Waals surface area contributed by atoms with Crippen molar-refractivity contribution in [2.24, 2.45) is 5.92 Å². The summed E-state index contributed by atoms with van der Waals surface area (Å²) in [7, 11) is 0. The number of carbonyl (C=O) groups excluding carboxylic acids is 1. The standard InChI is InChI=1S/C21H22N2O5/c1-14-6-7-17(13-19(14)23(27)28)20(24)22-10-8-15(9-11-22)12-16-4-2-3-5-18(16)21(25)26/h2-7,13,15H,8-12H2,1H3,(H,25,26). The lowest BCUT2D eigenvalue weighted by molar-refractivity contribution is -0.385. The summed E-state index contributed by atoms with van der Waals surface area (Å²) in [5.41, 5.74) is 1.94. The van der Waals surface area contributed by atoms with E-state index in [0.717, 1.165) is 18.4 Å². The molecule has 1 aliphatic heterocycles. The zero-order chi connectivity index (χ0) is 20.3. The van der Waals surface area contributed by atoms with Gasteiger partial charge < -0.3 is 10.0 Å². The molecule has 0 bridgehead atoms. The molecule has 1 heterocycles. The Hall–Kier alpha value is -3.22. The first-order chi connectivity index (χ1) is 13.4. The number of hydrogen-bond donors (Lipinski definition) is 1. The van der Waals surface area contributed by atoms with Crippen molar-refractivity contribution >= 4 is 17.6 Å². The molecule has 7 heteroatoms. The Bertz CT molecular complexity index is 917. The third-order valence-electron chi connectivity index (χ3n) is 5.31. The van der Waals surface area contributed by atoms with Crippen LogP contribution in [0.3, 0.4) is 0 Å². The number of likely N-dealkylation sites (tertiary alicyclic amines) is 1. The molecule has 0 aromatic heterocycles. The van der Waals surface area contributed by atoms with Gasteiger partial charge in [0.05, 0.1) is 10.5 Å². The molecular formula is C21H22N2O5. The quantitative estimate of drug-likeness (QED) is 0.628. The molecule has 0 aliphatic carbocycles. The molecule has 2 aromatic carbocycles. The Labute approximate surface area is 162 Å². The summed E-state index contributed by atoms with van der Waals surface area (Å²) < 4.78 is 0. The summed E-state index contributed by atoms with van der Waals surface area (Å²) in [5.74, 6) is -0.825. The molecule has 0 spiro atoms. The number of hydrogen-bond acceptors (Lipinski definition) is 4. The van der Waals surface area contributed by atoms with Crippen LogP contribution in [0, 0.1) is 23.0 Å². The van der Waals surface area contributed by atoms with Gasteiger partial charge in [-0.3, -0.25) is 14.9 Å². The van der Waals surface area contributed by atoms with E-state index in [1.165, 1.54) is 6.07 Å². The fraction of sp³-hybridized carbons (Fsp3) is 0.333. The molecule has 146 valence electrons. The van der Waals surface area contributed by atoms with Crippen LogP contribution in [0.25, 0.3) is 0 Å². The molecular weight excluding hydrogens is 360 g/mol. The SMILES string of the molecule is Cc1ccc(C(=O)N2CCC(Cc3ccccc3C(=O)O)CC2)cc1[N+](=O)[O-]. The molecule has 28 heavy (non-hydrogen) atoms. The second kappa shape index (κ2) is 8.21. The van der Waals surface area contributed by atoms with E-state index in [9.17, 15) is 24.8 Å². The van der Waals surface area contributed by atoms with Crippen LogP contribution in [0.4, 0.5) is 5.69 Å². The van der Waals surface area contributed by atoms with Crippen molar-refractivity contribution in [3.05, 3.63) is 74.8 Å². The highest BCUT2D eigenvalue weighted by molar-refractivity contribution is 5.95. The lowest BCUT2D eigenvalue weighted by Gasteiger charge is -2.32. The Balaban J connectivity index is 1.64. The Morgan fingerprint density at radius 2 is 1.86 bits per heavy atom. The number of aromatic carboxylic acids is 1. The van der Waals surface area contributed by atoms with Crippen LogP contribution in [0.15, 0.2) is 42.5 Å². The van der Waals surface area contributed by atoms with Crippen molar-refractivity contribution in [2.45, 2.75) is 26.2 Å². The maximum atomic E-state index is 12.7. The maximum absolute atomic E-state index is 12.7. The molecule has 2 aromatic rings. The number of amides is 1. The molecule has 0 unspecified atom stereocenters. The van der Waals surface area contributed by atoms with E-state index in [-0.39, 0.29) is 11.6 Å². The fourth-order valence-electron chi connectivity index (χ4n) is 3.68. The molecule has 1 N–H and O–H groups in total. The Morgan fingerprint density at radius 1 is 1.18 bits per heavy atom. The van der Waals surface area contributed by atoms with Crippen molar-refractivity contribution in [3.8, 4) is 0 Å². The van der Waals surface area contributed by atoms with Crippen LogP contribution in [0.1, 0.15) is 44.7 Å². The van der Waals surface area contributed by atoms with Gasteiger partial charge in [-0.2, -0.15) is 0 Å². The van der Waals surface area contributed by atoms with E-state index in [4.69, 9.17) is 0 Å². The van der Waals surface area contributed by atoms with Crippen LogP contribution in [-0.4, -0.2) is 39.9 Å². The van der Waals surface area contributed by atoms with Crippen molar-refractivity contribution < 1.29 is 19.6 Å². The minimum Gasteiger partial charge on any atom is -0.478 e. The van der Waals surface area contributed by atoms with Gasteiger partial charge in [-0.05, 0) is 49.8 Å². The molecule has 0 saturated carbocycles. The van der Waals surface area contributed by atoms with E-state index < -0.39 is 10.9 Å². The maximum Gasteiger partial charge on any atom is 0.335 e. The van der Waals surface area contributed by atoms with Crippen molar-refractivity contribution in [3.63, 3.8) is 0 Å². The van der Waals surface area contributed by atoms with Crippen molar-refractivity contribution in [2.75, 3.05) is 13.1 Å². The van der Waals surface area contributed by atoms with Gasteiger partial charge in [0.15, 0.2) is 0 Å². The summed E-state index contributed by atoms with van der Waals surface area (Å²) in [4.78, 5) is 36.4. The topological polar surface area (TPSA) is 101 Å². The number of nitro benzene ring substituents is 1. The monoisotopic (exact) mass is 382 g/mol. The van der Waals surface area contributed by atoms with E-state index in [2.05, 4.69) is 0 Å². The van der Waals surface area contributed by atoms with Crippen LogP contribution in [0.2, 0.25) is 0 Å². The van der Waals surface area contributed by atoms with Crippen LogP contribution < -0.4 is 0 Å². The summed E-state index contributed by atoms with van der Waals surface area (Å²) in [6.07, 6.45) is 2.21. The average molecular weight is 382 g/mol. The summed E-state index contributed by atoms with van der Waals surface area (Å²) in [5, 5.41) is 20.4. The van der Waals surface area contributed by atoms with Gasteiger partial charge in [0.2, 0.25) is 0 Å².